The van der Waals surface area contributed by atoms with E-state index in [0.29, 0.717) is 17.8 Å². The number of aryl methyl sites for hydroxylation is 1. The number of ether oxygens (including phenoxy) is 1. The highest BCUT2D eigenvalue weighted by atomic mass is 19.1. The quantitative estimate of drug-likeness (QED) is 0.782. The summed E-state index contributed by atoms with van der Waals surface area (Å²) >= 11 is 0. The fourth-order valence-corrected chi connectivity index (χ4v) is 2.48. The molecule has 132 valence electrons. The Hall–Kier alpha value is -2.73. The average Bonchev–Trinajstić information content (AvgIpc) is 2.58. The van der Waals surface area contributed by atoms with Crippen molar-refractivity contribution < 1.29 is 23.6 Å². The van der Waals surface area contributed by atoms with Gasteiger partial charge in [0.1, 0.15) is 12.4 Å². The SMILES string of the molecule is COC(=O)c1ccc(C)c(NC(=O)C[NH+](C)Cc2ccc(F)cc2)c1. The highest BCUT2D eigenvalue weighted by molar-refractivity contribution is 5.95. The Balaban J connectivity index is 1.97. The van der Waals surface area contributed by atoms with Crippen molar-refractivity contribution in [2.45, 2.75) is 13.5 Å². The van der Waals surface area contributed by atoms with Crippen molar-refractivity contribution in [2.75, 3.05) is 26.0 Å². The number of carbonyl (C=O) groups is 2. The third kappa shape index (κ3) is 5.39. The van der Waals surface area contributed by atoms with Crippen molar-refractivity contribution in [3.8, 4) is 0 Å². The van der Waals surface area contributed by atoms with Crippen LogP contribution in [0.2, 0.25) is 0 Å². The molecule has 2 rings (SSSR count). The molecule has 2 aromatic carbocycles. The van der Waals surface area contributed by atoms with E-state index < -0.39 is 5.97 Å². The highest BCUT2D eigenvalue weighted by Crippen LogP contribution is 2.17. The molecule has 0 saturated carbocycles. The zero-order chi connectivity index (χ0) is 18.4. The molecule has 25 heavy (non-hydrogen) atoms. The summed E-state index contributed by atoms with van der Waals surface area (Å²) in [7, 11) is 3.20. The van der Waals surface area contributed by atoms with Crippen LogP contribution >= 0.6 is 0 Å². The molecule has 0 aliphatic rings. The Morgan fingerprint density at radius 3 is 2.48 bits per heavy atom. The molecular weight excluding hydrogens is 323 g/mol. The standard InChI is InChI=1S/C19H21FN2O3/c1-13-4-7-15(19(24)25-3)10-17(13)21-18(23)12-22(2)11-14-5-8-16(20)9-6-14/h4-10H,11-12H2,1-3H3,(H,21,23)/p+1. The van der Waals surface area contributed by atoms with E-state index in [2.05, 4.69) is 5.32 Å². The predicted molar refractivity (Wildman–Crippen MR) is 93.0 cm³/mol. The molecule has 0 aliphatic heterocycles. The zero-order valence-corrected chi connectivity index (χ0v) is 14.6. The number of quaternary nitrogens is 1. The van der Waals surface area contributed by atoms with Gasteiger partial charge in [0.05, 0.1) is 19.7 Å². The molecule has 1 atom stereocenters. The number of hydrogen-bond acceptors (Lipinski definition) is 3. The number of anilines is 1. The first-order chi connectivity index (χ1) is 11.9. The molecular formula is C19H22FN2O3+. The Kier molecular flexibility index (Phi) is 6.25. The van der Waals surface area contributed by atoms with Crippen molar-refractivity contribution in [3.63, 3.8) is 0 Å². The van der Waals surface area contributed by atoms with Gasteiger partial charge >= 0.3 is 5.97 Å². The minimum absolute atomic E-state index is 0.162. The number of amides is 1. The molecule has 6 heteroatoms. The molecule has 0 saturated heterocycles. The zero-order valence-electron chi connectivity index (χ0n) is 14.6. The molecule has 2 aromatic rings. The van der Waals surface area contributed by atoms with E-state index in [0.717, 1.165) is 16.0 Å². The summed E-state index contributed by atoms with van der Waals surface area (Å²) in [5.74, 6) is -0.889. The number of likely N-dealkylation sites (N-methyl/N-ethyl adjacent to an activating group) is 1. The lowest BCUT2D eigenvalue weighted by Gasteiger charge is -2.15. The molecule has 0 bridgehead atoms. The van der Waals surface area contributed by atoms with E-state index in [1.54, 1.807) is 30.3 Å². The lowest BCUT2D eigenvalue weighted by atomic mass is 10.1. The molecule has 0 aromatic heterocycles. The van der Waals surface area contributed by atoms with Crippen LogP contribution in [-0.4, -0.2) is 32.6 Å². The maximum absolute atomic E-state index is 12.9. The van der Waals surface area contributed by atoms with E-state index in [4.69, 9.17) is 4.74 Å². The minimum atomic E-state index is -0.449. The van der Waals surface area contributed by atoms with Crippen LogP contribution in [0.4, 0.5) is 10.1 Å². The summed E-state index contributed by atoms with van der Waals surface area (Å²) in [5.41, 5.74) is 2.78. The Labute approximate surface area is 146 Å². The largest absolute Gasteiger partial charge is 0.465 e. The van der Waals surface area contributed by atoms with Crippen molar-refractivity contribution >= 4 is 17.6 Å². The van der Waals surface area contributed by atoms with Gasteiger partial charge in [0, 0.05) is 11.3 Å². The van der Waals surface area contributed by atoms with Crippen LogP contribution in [0.1, 0.15) is 21.5 Å². The molecule has 1 unspecified atom stereocenters. The van der Waals surface area contributed by atoms with Gasteiger partial charge in [-0.3, -0.25) is 4.79 Å². The molecule has 0 spiro atoms. The molecule has 0 heterocycles. The lowest BCUT2D eigenvalue weighted by molar-refractivity contribution is -0.885. The number of nitrogens with one attached hydrogen (secondary N) is 2. The second-order valence-corrected chi connectivity index (χ2v) is 6.01. The number of rotatable bonds is 6. The molecule has 0 fully saturated rings. The van der Waals surface area contributed by atoms with Crippen LogP contribution in [-0.2, 0) is 16.1 Å². The topological polar surface area (TPSA) is 59.8 Å². The Morgan fingerprint density at radius 2 is 1.84 bits per heavy atom. The normalized spacial score (nSPS) is 11.7. The Morgan fingerprint density at radius 1 is 1.16 bits per heavy atom. The summed E-state index contributed by atoms with van der Waals surface area (Å²) in [6, 6.07) is 11.3. The average molecular weight is 345 g/mol. The number of halogens is 1. The summed E-state index contributed by atoms with van der Waals surface area (Å²) in [6.07, 6.45) is 0. The maximum atomic E-state index is 12.9. The second-order valence-electron chi connectivity index (χ2n) is 6.01. The van der Waals surface area contributed by atoms with Crippen molar-refractivity contribution in [1.29, 1.82) is 0 Å². The number of hydrogen-bond donors (Lipinski definition) is 2. The van der Waals surface area contributed by atoms with Crippen LogP contribution in [0, 0.1) is 12.7 Å². The van der Waals surface area contributed by atoms with Crippen molar-refractivity contribution in [1.82, 2.24) is 0 Å². The van der Waals surface area contributed by atoms with Gasteiger partial charge in [0.25, 0.3) is 5.91 Å². The molecule has 2 N–H and O–H groups in total. The monoisotopic (exact) mass is 345 g/mol. The van der Waals surface area contributed by atoms with Gasteiger partial charge in [-0.1, -0.05) is 18.2 Å². The fraction of sp³-hybridized carbons (Fsp3) is 0.263. The van der Waals surface area contributed by atoms with Gasteiger partial charge in [-0.2, -0.15) is 0 Å². The summed E-state index contributed by atoms with van der Waals surface area (Å²) in [4.78, 5) is 24.8. The van der Waals surface area contributed by atoms with E-state index in [1.807, 2.05) is 14.0 Å². The van der Waals surface area contributed by atoms with Crippen LogP contribution in [0.5, 0.6) is 0 Å². The Bertz CT molecular complexity index is 760. The van der Waals surface area contributed by atoms with Crippen molar-refractivity contribution in [3.05, 3.63) is 65.0 Å². The van der Waals surface area contributed by atoms with Gasteiger partial charge in [0.2, 0.25) is 0 Å². The van der Waals surface area contributed by atoms with Crippen LogP contribution in [0.25, 0.3) is 0 Å². The fourth-order valence-electron chi connectivity index (χ4n) is 2.48. The highest BCUT2D eigenvalue weighted by Gasteiger charge is 2.14. The van der Waals surface area contributed by atoms with Gasteiger partial charge in [0.15, 0.2) is 6.54 Å². The van der Waals surface area contributed by atoms with E-state index in [1.165, 1.54) is 19.2 Å². The number of benzene rings is 2. The van der Waals surface area contributed by atoms with Gasteiger partial charge < -0.3 is 15.0 Å². The third-order valence-corrected chi connectivity index (χ3v) is 3.81. The van der Waals surface area contributed by atoms with Gasteiger partial charge in [-0.25, -0.2) is 9.18 Å². The van der Waals surface area contributed by atoms with E-state index >= 15 is 0 Å². The predicted octanol–water partition coefficient (Wildman–Crippen LogP) is 1.57. The minimum Gasteiger partial charge on any atom is -0.465 e. The van der Waals surface area contributed by atoms with Crippen molar-refractivity contribution in [2.24, 2.45) is 0 Å². The molecule has 0 radical (unpaired) electrons. The first kappa shape index (κ1) is 18.6. The first-order valence-electron chi connectivity index (χ1n) is 7.93. The summed E-state index contributed by atoms with van der Waals surface area (Å²) in [6.45, 7) is 2.71. The van der Waals surface area contributed by atoms with E-state index in [-0.39, 0.29) is 18.3 Å². The summed E-state index contributed by atoms with van der Waals surface area (Å²) in [5, 5.41) is 2.83. The first-order valence-corrected chi connectivity index (χ1v) is 7.93. The number of methoxy groups -OCH3 is 1. The smallest absolute Gasteiger partial charge is 0.337 e. The summed E-state index contributed by atoms with van der Waals surface area (Å²) < 4.78 is 17.6. The van der Waals surface area contributed by atoms with Crippen LogP contribution < -0.4 is 10.2 Å². The third-order valence-electron chi connectivity index (χ3n) is 3.81. The van der Waals surface area contributed by atoms with Gasteiger partial charge in [-0.05, 0) is 36.8 Å². The number of carbonyl (C=O) groups excluding carboxylic acids is 2. The van der Waals surface area contributed by atoms with Crippen LogP contribution in [0.15, 0.2) is 42.5 Å². The van der Waals surface area contributed by atoms with Gasteiger partial charge in [-0.15, -0.1) is 0 Å². The van der Waals surface area contributed by atoms with Crippen LogP contribution in [0.3, 0.4) is 0 Å². The van der Waals surface area contributed by atoms with E-state index in [9.17, 15) is 14.0 Å². The lowest BCUT2D eigenvalue weighted by Crippen LogP contribution is -3.08. The number of esters is 1. The molecule has 5 nitrogen and oxygen atoms in total. The maximum Gasteiger partial charge on any atom is 0.337 e. The molecule has 1 amide bonds. The second kappa shape index (κ2) is 8.39. The molecule has 0 aliphatic carbocycles.